The van der Waals surface area contributed by atoms with Crippen LogP contribution in [-0.2, 0) is 4.79 Å². The minimum Gasteiger partial charge on any atom is -0.493 e. The fourth-order valence-corrected chi connectivity index (χ4v) is 2.27. The predicted octanol–water partition coefficient (Wildman–Crippen LogP) is 4.27. The van der Waals surface area contributed by atoms with Gasteiger partial charge in [0.05, 0.1) is 18.0 Å². The molecule has 0 fully saturated rings. The lowest BCUT2D eigenvalue weighted by Gasteiger charge is -2.11. The Morgan fingerprint density at radius 3 is 2.75 bits per heavy atom. The monoisotopic (exact) mass is 348 g/mol. The van der Waals surface area contributed by atoms with Crippen LogP contribution in [0, 0.1) is 24.0 Å². The molecule has 2 aromatic rings. The van der Waals surface area contributed by atoms with E-state index in [9.17, 15) is 14.9 Å². The van der Waals surface area contributed by atoms with E-state index in [0.717, 1.165) is 16.9 Å². The van der Waals surface area contributed by atoms with Crippen molar-refractivity contribution in [2.75, 3.05) is 11.9 Å². The van der Waals surface area contributed by atoms with Crippen molar-refractivity contribution in [2.24, 2.45) is 0 Å². The van der Waals surface area contributed by atoms with Crippen molar-refractivity contribution in [2.45, 2.75) is 20.3 Å². The number of rotatable bonds is 6. The molecule has 0 radical (unpaired) electrons. The van der Waals surface area contributed by atoms with Crippen LogP contribution in [0.5, 0.6) is 5.75 Å². The van der Waals surface area contributed by atoms with Gasteiger partial charge in [-0.1, -0.05) is 23.7 Å². The number of carbonyl (C=O) groups excluding carboxylic acids is 1. The zero-order chi connectivity index (χ0) is 17.7. The molecule has 6 nitrogen and oxygen atoms in total. The van der Waals surface area contributed by atoms with Gasteiger partial charge >= 0.3 is 0 Å². The van der Waals surface area contributed by atoms with E-state index in [2.05, 4.69) is 5.32 Å². The van der Waals surface area contributed by atoms with E-state index in [4.69, 9.17) is 16.3 Å². The summed E-state index contributed by atoms with van der Waals surface area (Å²) < 4.78 is 5.62. The number of anilines is 1. The second kappa shape index (κ2) is 7.79. The van der Waals surface area contributed by atoms with E-state index in [1.54, 1.807) is 0 Å². The number of nitrogens with zero attached hydrogens (tertiary/aromatic N) is 1. The molecule has 1 N–H and O–H groups in total. The van der Waals surface area contributed by atoms with Crippen molar-refractivity contribution in [3.63, 3.8) is 0 Å². The Labute approximate surface area is 144 Å². The van der Waals surface area contributed by atoms with Crippen LogP contribution in [0.25, 0.3) is 0 Å². The lowest BCUT2D eigenvalue weighted by atomic mass is 10.1. The molecule has 0 saturated carbocycles. The maximum absolute atomic E-state index is 11.9. The average molecular weight is 349 g/mol. The van der Waals surface area contributed by atoms with Gasteiger partial charge in [0.1, 0.15) is 10.8 Å². The summed E-state index contributed by atoms with van der Waals surface area (Å²) in [6, 6.07) is 9.85. The van der Waals surface area contributed by atoms with Crippen LogP contribution in [-0.4, -0.2) is 17.4 Å². The summed E-state index contributed by atoms with van der Waals surface area (Å²) in [5.74, 6) is 0.446. The van der Waals surface area contributed by atoms with Gasteiger partial charge < -0.3 is 10.1 Å². The van der Waals surface area contributed by atoms with Gasteiger partial charge in [-0.2, -0.15) is 0 Å². The molecule has 0 spiro atoms. The smallest absolute Gasteiger partial charge is 0.289 e. The van der Waals surface area contributed by atoms with Crippen molar-refractivity contribution in [3.8, 4) is 5.75 Å². The van der Waals surface area contributed by atoms with Crippen molar-refractivity contribution in [1.82, 2.24) is 0 Å². The fourth-order valence-electron chi connectivity index (χ4n) is 2.09. The van der Waals surface area contributed by atoms with Crippen LogP contribution in [0.15, 0.2) is 36.4 Å². The Hall–Kier alpha value is -2.60. The Morgan fingerprint density at radius 1 is 1.29 bits per heavy atom. The summed E-state index contributed by atoms with van der Waals surface area (Å²) in [5, 5.41) is 13.5. The first-order chi connectivity index (χ1) is 11.4. The lowest BCUT2D eigenvalue weighted by molar-refractivity contribution is -0.384. The number of carbonyl (C=O) groups is 1. The largest absolute Gasteiger partial charge is 0.493 e. The van der Waals surface area contributed by atoms with Gasteiger partial charge in [-0.15, -0.1) is 0 Å². The summed E-state index contributed by atoms with van der Waals surface area (Å²) in [6.45, 7) is 4.16. The molecular formula is C17H17ClN2O4. The third-order valence-corrected chi connectivity index (χ3v) is 3.89. The summed E-state index contributed by atoms with van der Waals surface area (Å²) in [5.41, 5.74) is 2.22. The quantitative estimate of drug-likeness (QED) is 0.624. The van der Waals surface area contributed by atoms with Crippen molar-refractivity contribution < 1.29 is 14.5 Å². The van der Waals surface area contributed by atoms with E-state index in [-0.39, 0.29) is 29.6 Å². The number of ether oxygens (including phenoxy) is 1. The van der Waals surface area contributed by atoms with E-state index in [1.807, 2.05) is 32.0 Å². The lowest BCUT2D eigenvalue weighted by Crippen LogP contribution is -2.15. The second-order valence-electron chi connectivity index (χ2n) is 5.27. The maximum Gasteiger partial charge on any atom is 0.289 e. The predicted molar refractivity (Wildman–Crippen MR) is 92.8 cm³/mol. The van der Waals surface area contributed by atoms with Crippen LogP contribution in [0.3, 0.4) is 0 Å². The number of benzene rings is 2. The van der Waals surface area contributed by atoms with Gasteiger partial charge in [-0.05, 0) is 43.2 Å². The fraction of sp³-hybridized carbons (Fsp3) is 0.235. The number of aryl methyl sites for hydroxylation is 1. The normalized spacial score (nSPS) is 10.3. The molecule has 0 unspecified atom stereocenters. The van der Waals surface area contributed by atoms with Gasteiger partial charge in [-0.3, -0.25) is 14.9 Å². The Kier molecular flexibility index (Phi) is 5.76. The van der Waals surface area contributed by atoms with Gasteiger partial charge in [0.15, 0.2) is 0 Å². The maximum atomic E-state index is 11.9. The van der Waals surface area contributed by atoms with Crippen molar-refractivity contribution in [3.05, 3.63) is 62.7 Å². The molecule has 2 aromatic carbocycles. The zero-order valence-electron chi connectivity index (χ0n) is 13.3. The Morgan fingerprint density at radius 2 is 2.04 bits per heavy atom. The van der Waals surface area contributed by atoms with E-state index >= 15 is 0 Å². The molecule has 2 rings (SSSR count). The highest BCUT2D eigenvalue weighted by molar-refractivity contribution is 6.32. The molecule has 0 saturated heterocycles. The first kappa shape index (κ1) is 17.7. The number of hydrogen-bond donors (Lipinski definition) is 1. The van der Waals surface area contributed by atoms with Crippen molar-refractivity contribution >= 4 is 28.9 Å². The van der Waals surface area contributed by atoms with Crippen LogP contribution in [0.2, 0.25) is 5.02 Å². The first-order valence-corrected chi connectivity index (χ1v) is 7.69. The summed E-state index contributed by atoms with van der Waals surface area (Å²) in [4.78, 5) is 22.2. The standard InChI is InChI=1S/C17H17ClN2O4/c1-11-4-3-5-16(12(11)2)24-9-8-17(21)19-13-6-7-14(18)15(10-13)20(22)23/h3-7,10H,8-9H2,1-2H3,(H,19,21). The van der Waals surface area contributed by atoms with Crippen molar-refractivity contribution in [1.29, 1.82) is 0 Å². The molecule has 7 heteroatoms. The number of nitro benzene ring substituents is 1. The van der Waals surface area contributed by atoms with E-state index in [1.165, 1.54) is 18.2 Å². The Balaban J connectivity index is 1.91. The van der Waals surface area contributed by atoms with Crippen LogP contribution >= 0.6 is 11.6 Å². The summed E-state index contributed by atoms with van der Waals surface area (Å²) in [7, 11) is 0. The molecule has 0 aliphatic carbocycles. The highest BCUT2D eigenvalue weighted by atomic mass is 35.5. The summed E-state index contributed by atoms with van der Waals surface area (Å²) >= 11 is 5.73. The van der Waals surface area contributed by atoms with E-state index < -0.39 is 4.92 Å². The Bertz CT molecular complexity index is 777. The van der Waals surface area contributed by atoms with E-state index in [0.29, 0.717) is 5.69 Å². The van der Waals surface area contributed by atoms with Crippen LogP contribution in [0.1, 0.15) is 17.5 Å². The molecule has 0 atom stereocenters. The highest BCUT2D eigenvalue weighted by Gasteiger charge is 2.14. The first-order valence-electron chi connectivity index (χ1n) is 7.31. The molecule has 1 amide bonds. The molecule has 0 aliphatic rings. The number of nitrogens with one attached hydrogen (secondary N) is 1. The SMILES string of the molecule is Cc1cccc(OCCC(=O)Nc2ccc(Cl)c([N+](=O)[O-])c2)c1C. The number of nitro groups is 1. The third kappa shape index (κ3) is 4.45. The summed E-state index contributed by atoms with van der Waals surface area (Å²) in [6.07, 6.45) is 0.129. The van der Waals surface area contributed by atoms with Gasteiger partial charge in [0.2, 0.25) is 5.91 Å². The molecular weight excluding hydrogens is 332 g/mol. The molecule has 0 heterocycles. The minimum absolute atomic E-state index is 0.0243. The van der Waals surface area contributed by atoms with Crippen LogP contribution < -0.4 is 10.1 Å². The van der Waals surface area contributed by atoms with Crippen LogP contribution in [0.4, 0.5) is 11.4 Å². The van der Waals surface area contributed by atoms with Gasteiger partial charge in [0, 0.05) is 11.8 Å². The van der Waals surface area contributed by atoms with Gasteiger partial charge in [0.25, 0.3) is 5.69 Å². The molecule has 0 aliphatic heterocycles. The third-order valence-electron chi connectivity index (χ3n) is 3.57. The topological polar surface area (TPSA) is 81.5 Å². The molecule has 126 valence electrons. The number of amides is 1. The highest BCUT2D eigenvalue weighted by Crippen LogP contribution is 2.27. The number of hydrogen-bond acceptors (Lipinski definition) is 4. The second-order valence-corrected chi connectivity index (χ2v) is 5.68. The molecule has 0 aromatic heterocycles. The van der Waals surface area contributed by atoms with Gasteiger partial charge in [-0.25, -0.2) is 0 Å². The molecule has 0 bridgehead atoms. The molecule has 24 heavy (non-hydrogen) atoms. The number of halogens is 1. The zero-order valence-corrected chi connectivity index (χ0v) is 14.1. The minimum atomic E-state index is -0.596. The average Bonchev–Trinajstić information content (AvgIpc) is 2.53.